The molecule has 5 aromatic rings. The number of rotatable bonds is 9. The van der Waals surface area contributed by atoms with Crippen LogP contribution in [-0.2, 0) is 6.54 Å². The molecule has 0 unspecified atom stereocenters. The number of carbonyl (C=O) groups excluding carboxylic acids is 1. The first kappa shape index (κ1) is 25.3. The average molecular weight is 523 g/mol. The molecule has 0 aliphatic carbocycles. The highest BCUT2D eigenvalue weighted by molar-refractivity contribution is 5.95. The molecule has 39 heavy (non-hydrogen) atoms. The Morgan fingerprint density at radius 3 is 2.54 bits per heavy atom. The minimum absolute atomic E-state index is 0.162. The number of hydrogen-bond donors (Lipinski definition) is 2. The molecule has 3 aromatic carbocycles. The molecule has 0 bridgehead atoms. The molecule has 2 N–H and O–H groups in total. The third-order valence-corrected chi connectivity index (χ3v) is 5.87. The lowest BCUT2D eigenvalue weighted by molar-refractivity contribution is 0.0948. The van der Waals surface area contributed by atoms with Crippen LogP contribution in [0.5, 0.6) is 17.2 Å². The number of amides is 1. The largest absolute Gasteiger partial charge is 0.497 e. The van der Waals surface area contributed by atoms with Gasteiger partial charge in [-0.2, -0.15) is 9.78 Å². The van der Waals surface area contributed by atoms with E-state index in [1.54, 1.807) is 80.1 Å². The van der Waals surface area contributed by atoms with Gasteiger partial charge in [-0.1, -0.05) is 18.2 Å². The first-order chi connectivity index (χ1) is 19.0. The van der Waals surface area contributed by atoms with Crippen molar-refractivity contribution in [3.63, 3.8) is 0 Å². The Morgan fingerprint density at radius 1 is 0.974 bits per heavy atom. The highest BCUT2D eigenvalue weighted by Gasteiger charge is 2.17. The number of aryl methyl sites for hydroxylation is 1. The predicted molar refractivity (Wildman–Crippen MR) is 147 cm³/mol. The summed E-state index contributed by atoms with van der Waals surface area (Å²) in [6, 6.07) is 24.8. The van der Waals surface area contributed by atoms with Gasteiger partial charge in [0.15, 0.2) is 11.4 Å². The Hall–Kier alpha value is -5.31. The van der Waals surface area contributed by atoms with Crippen LogP contribution in [0.15, 0.2) is 107 Å². The van der Waals surface area contributed by atoms with Crippen molar-refractivity contribution in [1.82, 2.24) is 15.1 Å². The van der Waals surface area contributed by atoms with Crippen LogP contribution in [0.3, 0.4) is 0 Å². The zero-order chi connectivity index (χ0) is 27.2. The second kappa shape index (κ2) is 11.4. The molecule has 5 rings (SSSR count). The first-order valence-corrected chi connectivity index (χ1v) is 12.2. The summed E-state index contributed by atoms with van der Waals surface area (Å²) in [5.74, 6) is 1.82. The third kappa shape index (κ3) is 5.99. The Kier molecular flexibility index (Phi) is 7.40. The van der Waals surface area contributed by atoms with Gasteiger partial charge in [0.05, 0.1) is 31.8 Å². The number of benzene rings is 3. The lowest BCUT2D eigenvalue weighted by Gasteiger charge is -2.15. The van der Waals surface area contributed by atoms with Crippen molar-refractivity contribution in [1.29, 1.82) is 0 Å². The molecular weight excluding hydrogens is 496 g/mol. The van der Waals surface area contributed by atoms with Gasteiger partial charge in [0.1, 0.15) is 17.3 Å². The van der Waals surface area contributed by atoms with Crippen LogP contribution in [-0.4, -0.2) is 22.8 Å². The molecule has 0 fully saturated rings. The molecule has 0 spiro atoms. The van der Waals surface area contributed by atoms with Crippen molar-refractivity contribution in [2.45, 2.75) is 13.5 Å². The highest BCUT2D eigenvalue weighted by atomic mass is 16.5. The van der Waals surface area contributed by atoms with Crippen molar-refractivity contribution in [2.24, 2.45) is 0 Å². The molecule has 9 heteroatoms. The predicted octanol–water partition coefficient (Wildman–Crippen LogP) is 5.61. The summed E-state index contributed by atoms with van der Waals surface area (Å²) < 4.78 is 17.8. The molecule has 196 valence electrons. The standard InChI is InChI=1S/C30H26N4O5/c1-20-6-3-9-25(16-20)39-27-19-32-34(23-11-13-24(37-2)14-12-23)30(36)28(27)33-22-8-4-7-21(17-22)29(35)31-18-26-10-5-15-38-26/h3-17,19,33H,18H2,1-2H3,(H,31,35). The molecule has 0 aliphatic rings. The number of ether oxygens (including phenoxy) is 2. The van der Waals surface area contributed by atoms with Crippen LogP contribution in [0.1, 0.15) is 21.7 Å². The van der Waals surface area contributed by atoms with Gasteiger partial charge in [-0.05, 0) is 79.2 Å². The van der Waals surface area contributed by atoms with Crippen LogP contribution in [0.4, 0.5) is 11.4 Å². The maximum absolute atomic E-state index is 13.7. The second-order valence-electron chi connectivity index (χ2n) is 8.69. The fourth-order valence-corrected chi connectivity index (χ4v) is 3.91. The minimum Gasteiger partial charge on any atom is -0.497 e. The molecule has 0 aliphatic heterocycles. The number of hydrogen-bond acceptors (Lipinski definition) is 7. The zero-order valence-electron chi connectivity index (χ0n) is 21.4. The maximum atomic E-state index is 13.7. The van der Waals surface area contributed by atoms with E-state index in [0.717, 1.165) is 5.56 Å². The first-order valence-electron chi connectivity index (χ1n) is 12.2. The Balaban J connectivity index is 1.48. The lowest BCUT2D eigenvalue weighted by atomic mass is 10.2. The summed E-state index contributed by atoms with van der Waals surface area (Å²) in [5.41, 5.74) is 2.23. The van der Waals surface area contributed by atoms with E-state index in [9.17, 15) is 9.59 Å². The fourth-order valence-electron chi connectivity index (χ4n) is 3.91. The second-order valence-corrected chi connectivity index (χ2v) is 8.69. The fraction of sp³-hybridized carbons (Fsp3) is 0.100. The van der Waals surface area contributed by atoms with E-state index >= 15 is 0 Å². The molecule has 0 saturated carbocycles. The van der Waals surface area contributed by atoms with Gasteiger partial charge < -0.3 is 24.5 Å². The summed E-state index contributed by atoms with van der Waals surface area (Å²) in [7, 11) is 1.57. The topological polar surface area (TPSA) is 108 Å². The van der Waals surface area contributed by atoms with Gasteiger partial charge >= 0.3 is 0 Å². The Bertz CT molecular complexity index is 1640. The number of nitrogens with zero attached hydrogens (tertiary/aromatic N) is 2. The summed E-state index contributed by atoms with van der Waals surface area (Å²) in [6.07, 6.45) is 3.03. The van der Waals surface area contributed by atoms with Crippen molar-refractivity contribution in [3.8, 4) is 22.9 Å². The quantitative estimate of drug-likeness (QED) is 0.259. The number of nitrogens with one attached hydrogen (secondary N) is 2. The Morgan fingerprint density at radius 2 is 1.79 bits per heavy atom. The van der Waals surface area contributed by atoms with Crippen molar-refractivity contribution in [3.05, 3.63) is 125 Å². The van der Waals surface area contributed by atoms with Crippen LogP contribution >= 0.6 is 0 Å². The summed E-state index contributed by atoms with van der Waals surface area (Å²) in [6.45, 7) is 2.21. The van der Waals surface area contributed by atoms with E-state index in [-0.39, 0.29) is 23.9 Å². The number of aromatic nitrogens is 2. The highest BCUT2D eigenvalue weighted by Crippen LogP contribution is 2.29. The van der Waals surface area contributed by atoms with Crippen LogP contribution in [0.25, 0.3) is 5.69 Å². The third-order valence-electron chi connectivity index (χ3n) is 5.87. The normalized spacial score (nSPS) is 10.6. The number of methoxy groups -OCH3 is 1. The summed E-state index contributed by atoms with van der Waals surface area (Å²) in [5, 5.41) is 10.3. The Labute approximate surface area is 224 Å². The number of furan rings is 1. The van der Waals surface area contributed by atoms with E-state index in [0.29, 0.717) is 34.2 Å². The lowest BCUT2D eigenvalue weighted by Crippen LogP contribution is -2.24. The van der Waals surface area contributed by atoms with Gasteiger partial charge in [0, 0.05) is 11.3 Å². The van der Waals surface area contributed by atoms with Gasteiger partial charge in [-0.15, -0.1) is 0 Å². The summed E-state index contributed by atoms with van der Waals surface area (Å²) >= 11 is 0. The minimum atomic E-state index is -0.432. The molecule has 1 amide bonds. The van der Waals surface area contributed by atoms with Crippen LogP contribution in [0.2, 0.25) is 0 Å². The van der Waals surface area contributed by atoms with Crippen LogP contribution < -0.4 is 25.7 Å². The maximum Gasteiger partial charge on any atom is 0.299 e. The molecule has 9 nitrogen and oxygen atoms in total. The van der Waals surface area contributed by atoms with E-state index in [2.05, 4.69) is 15.7 Å². The SMILES string of the molecule is COc1ccc(-n2ncc(Oc3cccc(C)c3)c(Nc3cccc(C(=O)NCc4ccco4)c3)c2=O)cc1. The molecule has 2 heterocycles. The van der Waals surface area contributed by atoms with Crippen molar-refractivity contribution in [2.75, 3.05) is 12.4 Å². The van der Waals surface area contributed by atoms with Gasteiger partial charge in [-0.3, -0.25) is 9.59 Å². The van der Waals surface area contributed by atoms with Crippen molar-refractivity contribution >= 4 is 17.3 Å². The monoisotopic (exact) mass is 522 g/mol. The van der Waals surface area contributed by atoms with Crippen molar-refractivity contribution < 1.29 is 18.7 Å². The summed E-state index contributed by atoms with van der Waals surface area (Å²) in [4.78, 5) is 26.4. The molecular formula is C30H26N4O5. The van der Waals surface area contributed by atoms with Gasteiger partial charge in [0.2, 0.25) is 0 Å². The molecule has 0 saturated heterocycles. The van der Waals surface area contributed by atoms with E-state index in [4.69, 9.17) is 13.9 Å². The number of carbonyl (C=O) groups is 1. The molecule has 0 atom stereocenters. The van der Waals surface area contributed by atoms with Crippen LogP contribution in [0, 0.1) is 6.92 Å². The van der Waals surface area contributed by atoms with Gasteiger partial charge in [0.25, 0.3) is 11.5 Å². The zero-order valence-corrected chi connectivity index (χ0v) is 21.4. The number of anilines is 2. The van der Waals surface area contributed by atoms with Gasteiger partial charge in [-0.25, -0.2) is 0 Å². The molecule has 0 radical (unpaired) electrons. The van der Waals surface area contributed by atoms with E-state index in [1.807, 2.05) is 25.1 Å². The van der Waals surface area contributed by atoms with E-state index in [1.165, 1.54) is 10.9 Å². The van der Waals surface area contributed by atoms with E-state index < -0.39 is 5.56 Å². The smallest absolute Gasteiger partial charge is 0.299 e. The average Bonchev–Trinajstić information content (AvgIpc) is 3.48. The molecule has 2 aromatic heterocycles.